The minimum absolute atomic E-state index is 0.00364. The van der Waals surface area contributed by atoms with Crippen LogP contribution in [0.4, 0.5) is 31.8 Å². The van der Waals surface area contributed by atoms with E-state index in [1.54, 1.807) is 71.6 Å². The number of fused-ring (bicyclic) bond motifs is 2. The highest BCUT2D eigenvalue weighted by Crippen LogP contribution is 2.35. The Kier molecular flexibility index (Phi) is 18.1. The standard InChI is InChI=1S/C23H27ClFN5O3.C23H26ClFN4O4/c1-13(11-32-3)30(14(2)22(26)31)10-15-8-16-19(9-20(15)33-4)27-12-28-23(16)29-18-7-5-6-17(24)21(18)25;1-13(11-32-3)29(14(2)23(30)31)10-15-8-16-19(9-20(15)33-4)26-12-27-22(16)28-18-7-5-6-17(24)21(18)25/h5-9,12-14H,10-11H2,1-4H3,(H2,26,31)(H,27,28,29);5-9,12-14H,10-11H2,1-4H3,(H,30,31)(H,26,27,28)/t2*13-,14+/m00/s1. The predicted molar refractivity (Wildman–Crippen MR) is 251 cm³/mol. The number of ether oxygens (including phenoxy) is 4. The first-order valence-corrected chi connectivity index (χ1v) is 21.4. The number of aliphatic carboxylic acids is 1. The minimum Gasteiger partial charge on any atom is -0.496 e. The fraction of sp³-hybridized carbons (Fsp3) is 0.348. The van der Waals surface area contributed by atoms with Gasteiger partial charge in [0.1, 0.15) is 41.8 Å². The summed E-state index contributed by atoms with van der Waals surface area (Å²) >= 11 is 11.8. The number of hydrogen-bond acceptors (Lipinski definition) is 14. The van der Waals surface area contributed by atoms with Crippen molar-refractivity contribution in [3.8, 4) is 11.5 Å². The van der Waals surface area contributed by atoms with Gasteiger partial charge in [-0.2, -0.15) is 0 Å². The number of halogens is 4. The molecule has 6 rings (SSSR count). The molecule has 4 aromatic carbocycles. The molecule has 20 heteroatoms. The number of anilines is 4. The van der Waals surface area contributed by atoms with Gasteiger partial charge in [-0.25, -0.2) is 28.7 Å². The maximum atomic E-state index is 14.5. The fourth-order valence-corrected chi connectivity index (χ4v) is 7.61. The molecule has 6 aromatic rings. The highest BCUT2D eigenvalue weighted by Gasteiger charge is 2.28. The van der Waals surface area contributed by atoms with Gasteiger partial charge < -0.3 is 40.4 Å². The van der Waals surface area contributed by atoms with Gasteiger partial charge in [-0.1, -0.05) is 35.3 Å². The van der Waals surface area contributed by atoms with Crippen LogP contribution in [-0.2, 0) is 32.2 Å². The zero-order valence-corrected chi connectivity index (χ0v) is 39.2. The number of nitrogens with one attached hydrogen (secondary N) is 2. The maximum Gasteiger partial charge on any atom is 0.320 e. The number of hydrogen-bond donors (Lipinski definition) is 4. The lowest BCUT2D eigenvalue weighted by molar-refractivity contribution is -0.144. The first kappa shape index (κ1) is 51.0. The molecule has 0 aliphatic carbocycles. The molecular formula is C46H53Cl2F2N9O7. The van der Waals surface area contributed by atoms with Crippen LogP contribution in [0.15, 0.2) is 73.3 Å². The molecule has 16 nitrogen and oxygen atoms in total. The quantitative estimate of drug-likeness (QED) is 0.0569. The number of rotatable bonds is 20. The maximum absolute atomic E-state index is 14.5. The number of carboxylic acid groups (broad SMARTS) is 1. The molecule has 0 fully saturated rings. The van der Waals surface area contributed by atoms with Crippen molar-refractivity contribution in [3.63, 3.8) is 0 Å². The van der Waals surface area contributed by atoms with Crippen molar-refractivity contribution in [2.75, 3.05) is 52.3 Å². The third-order valence-corrected chi connectivity index (χ3v) is 11.5. The second-order valence-corrected chi connectivity index (χ2v) is 16.1. The van der Waals surface area contributed by atoms with Crippen molar-refractivity contribution >= 4 is 79.9 Å². The van der Waals surface area contributed by atoms with Gasteiger partial charge in [0, 0.05) is 73.4 Å². The Labute approximate surface area is 391 Å². The third-order valence-electron chi connectivity index (χ3n) is 10.9. The Bertz CT molecular complexity index is 2470. The molecule has 2 aromatic heterocycles. The molecular weight excluding hydrogens is 899 g/mol. The van der Waals surface area contributed by atoms with Crippen molar-refractivity contribution in [3.05, 3.63) is 106 Å². The van der Waals surface area contributed by atoms with Crippen LogP contribution in [-0.4, -0.2) is 113 Å². The van der Waals surface area contributed by atoms with Crippen LogP contribution in [0.25, 0.3) is 21.8 Å². The van der Waals surface area contributed by atoms with Crippen LogP contribution in [0.1, 0.15) is 38.8 Å². The van der Waals surface area contributed by atoms with Gasteiger partial charge in [0.05, 0.1) is 65.9 Å². The Morgan fingerprint density at radius 2 is 1.09 bits per heavy atom. The summed E-state index contributed by atoms with van der Waals surface area (Å²) in [6.07, 6.45) is 2.75. The summed E-state index contributed by atoms with van der Waals surface area (Å²) in [5, 5.41) is 16.9. The molecule has 352 valence electrons. The summed E-state index contributed by atoms with van der Waals surface area (Å²) < 4.78 is 50.6. The highest BCUT2D eigenvalue weighted by atomic mass is 35.5. The van der Waals surface area contributed by atoms with Gasteiger partial charge >= 0.3 is 5.97 Å². The Balaban J connectivity index is 0.000000247. The first-order valence-electron chi connectivity index (χ1n) is 20.6. The molecule has 4 atom stereocenters. The zero-order valence-electron chi connectivity index (χ0n) is 37.7. The van der Waals surface area contributed by atoms with E-state index in [1.165, 1.54) is 31.9 Å². The van der Waals surface area contributed by atoms with E-state index in [2.05, 4.69) is 30.6 Å². The van der Waals surface area contributed by atoms with Gasteiger partial charge in [-0.15, -0.1) is 0 Å². The highest BCUT2D eigenvalue weighted by molar-refractivity contribution is 6.31. The van der Waals surface area contributed by atoms with E-state index < -0.39 is 35.6 Å². The van der Waals surface area contributed by atoms with Crippen LogP contribution < -0.4 is 25.8 Å². The van der Waals surface area contributed by atoms with Gasteiger partial charge in [0.15, 0.2) is 11.6 Å². The van der Waals surface area contributed by atoms with Crippen LogP contribution >= 0.6 is 23.2 Å². The van der Waals surface area contributed by atoms with Crippen molar-refractivity contribution in [2.45, 2.75) is 65.0 Å². The summed E-state index contributed by atoms with van der Waals surface area (Å²) in [5.74, 6) is -0.623. The average Bonchev–Trinajstić information content (AvgIpc) is 3.29. The van der Waals surface area contributed by atoms with Crippen LogP contribution in [0.3, 0.4) is 0 Å². The molecule has 0 spiro atoms. The number of aromatic nitrogens is 4. The van der Waals surface area contributed by atoms with Gasteiger partial charge in [-0.3, -0.25) is 19.4 Å². The van der Waals surface area contributed by atoms with E-state index in [9.17, 15) is 23.5 Å². The SMILES string of the molecule is COC[C@H](C)N(Cc1cc2c(Nc3cccc(Cl)c3F)ncnc2cc1OC)[C@H](C)C(=O)O.COC[C@H](C)N(Cc1cc2c(Nc3cccc(Cl)c3F)ncnc2cc1OC)[C@H](C)C(N)=O. The number of carboxylic acids is 1. The summed E-state index contributed by atoms with van der Waals surface area (Å²) in [7, 11) is 6.27. The molecule has 5 N–H and O–H groups in total. The number of primary amides is 1. The second kappa shape index (κ2) is 23.4. The topological polar surface area (TPSA) is 199 Å². The number of nitrogens with two attached hydrogens (primary N) is 1. The zero-order chi connectivity index (χ0) is 48.2. The molecule has 1 amide bonds. The number of carbonyl (C=O) groups is 2. The number of carbonyl (C=O) groups excluding carboxylic acids is 1. The first-order chi connectivity index (χ1) is 31.5. The summed E-state index contributed by atoms with van der Waals surface area (Å²) in [6.45, 7) is 8.63. The minimum atomic E-state index is -0.945. The molecule has 2 heterocycles. The number of amides is 1. The Morgan fingerprint density at radius 3 is 1.45 bits per heavy atom. The number of nitrogens with zero attached hydrogens (tertiary/aromatic N) is 6. The Morgan fingerprint density at radius 1 is 0.682 bits per heavy atom. The molecule has 0 saturated heterocycles. The van der Waals surface area contributed by atoms with Crippen molar-refractivity contribution in [2.24, 2.45) is 5.73 Å². The average molecular weight is 953 g/mol. The summed E-state index contributed by atoms with van der Waals surface area (Å²) in [4.78, 5) is 44.6. The van der Waals surface area contributed by atoms with Crippen LogP contribution in [0, 0.1) is 11.6 Å². The molecule has 0 bridgehead atoms. The largest absolute Gasteiger partial charge is 0.496 e. The smallest absolute Gasteiger partial charge is 0.320 e. The van der Waals surface area contributed by atoms with Crippen molar-refractivity contribution in [1.29, 1.82) is 0 Å². The fourth-order valence-electron chi connectivity index (χ4n) is 7.26. The van der Waals surface area contributed by atoms with E-state index in [1.807, 2.05) is 35.8 Å². The molecule has 66 heavy (non-hydrogen) atoms. The number of methoxy groups -OCH3 is 4. The lowest BCUT2D eigenvalue weighted by Gasteiger charge is -2.33. The summed E-state index contributed by atoms with van der Waals surface area (Å²) in [6, 6.07) is 15.0. The van der Waals surface area contributed by atoms with E-state index in [0.29, 0.717) is 64.7 Å². The Hall–Kier alpha value is -6.02. The lowest BCUT2D eigenvalue weighted by Crippen LogP contribution is -2.48. The second-order valence-electron chi connectivity index (χ2n) is 15.3. The molecule has 0 unspecified atom stereocenters. The van der Waals surface area contributed by atoms with Gasteiger partial charge in [0.25, 0.3) is 0 Å². The predicted octanol–water partition coefficient (Wildman–Crippen LogP) is 8.37. The van der Waals surface area contributed by atoms with Gasteiger partial charge in [0.2, 0.25) is 5.91 Å². The molecule has 0 radical (unpaired) electrons. The van der Waals surface area contributed by atoms with Crippen LogP contribution in [0.2, 0.25) is 10.0 Å². The van der Waals surface area contributed by atoms with Crippen LogP contribution in [0.5, 0.6) is 11.5 Å². The van der Waals surface area contributed by atoms with Crippen molar-refractivity contribution in [1.82, 2.24) is 29.7 Å². The van der Waals surface area contributed by atoms with E-state index >= 15 is 0 Å². The van der Waals surface area contributed by atoms with Gasteiger partial charge in [-0.05, 0) is 64.1 Å². The molecule has 0 aliphatic heterocycles. The van der Waals surface area contributed by atoms with E-state index in [4.69, 9.17) is 47.9 Å². The van der Waals surface area contributed by atoms with E-state index in [-0.39, 0.29) is 40.0 Å². The normalized spacial score (nSPS) is 13.2. The monoisotopic (exact) mass is 951 g/mol. The number of benzene rings is 4. The lowest BCUT2D eigenvalue weighted by atomic mass is 10.1. The summed E-state index contributed by atoms with van der Waals surface area (Å²) in [5.41, 5.74) is 8.66. The molecule has 0 aliphatic rings. The third kappa shape index (κ3) is 12.2. The molecule has 0 saturated carbocycles. The van der Waals surface area contributed by atoms with E-state index in [0.717, 1.165) is 11.1 Å². The van der Waals surface area contributed by atoms with Crippen molar-refractivity contribution < 1.29 is 42.4 Å².